The number of halogens is 1. The molecule has 1 aliphatic heterocycles. The number of benzene rings is 1. The van der Waals surface area contributed by atoms with E-state index in [1.807, 2.05) is 32.0 Å². The Balaban J connectivity index is 2.26. The summed E-state index contributed by atoms with van der Waals surface area (Å²) < 4.78 is 6.57. The summed E-state index contributed by atoms with van der Waals surface area (Å²) in [6.45, 7) is 3.44. The van der Waals surface area contributed by atoms with Gasteiger partial charge in [-0.05, 0) is 30.2 Å². The highest BCUT2D eigenvalue weighted by Gasteiger charge is 2.45. The van der Waals surface area contributed by atoms with E-state index in [1.54, 1.807) is 0 Å². The van der Waals surface area contributed by atoms with E-state index in [0.29, 0.717) is 0 Å². The molecule has 6 atom stereocenters. The summed E-state index contributed by atoms with van der Waals surface area (Å²) >= 11 is 3.40. The Morgan fingerprint density at radius 3 is 2.43 bits per heavy atom. The van der Waals surface area contributed by atoms with E-state index in [4.69, 9.17) is 4.74 Å². The predicted octanol–water partition coefficient (Wildman–Crippen LogP) is 0.703. The molecule has 0 aliphatic carbocycles. The van der Waals surface area contributed by atoms with Gasteiger partial charge in [0.15, 0.2) is 0 Å². The normalized spacial score (nSPS) is 34.7. The highest BCUT2D eigenvalue weighted by Crippen LogP contribution is 2.33. The van der Waals surface area contributed by atoms with Gasteiger partial charge in [0.05, 0.1) is 12.7 Å². The number of aliphatic hydroxyl groups excluding tert-OH is 4. The smallest absolute Gasteiger partial charge is 0.111 e. The van der Waals surface area contributed by atoms with Crippen molar-refractivity contribution in [3.63, 3.8) is 0 Å². The summed E-state index contributed by atoms with van der Waals surface area (Å²) in [4.78, 5) is 0. The van der Waals surface area contributed by atoms with E-state index < -0.39 is 37.1 Å². The first-order valence-corrected chi connectivity index (χ1v) is 7.72. The maximum Gasteiger partial charge on any atom is 0.111 e. The molecule has 0 aromatic heterocycles. The van der Waals surface area contributed by atoms with Gasteiger partial charge in [0.2, 0.25) is 0 Å². The van der Waals surface area contributed by atoms with Crippen molar-refractivity contribution in [1.29, 1.82) is 0 Å². The maximum atomic E-state index is 10.2. The zero-order valence-electron chi connectivity index (χ0n) is 12.0. The van der Waals surface area contributed by atoms with E-state index in [2.05, 4.69) is 15.9 Å². The van der Waals surface area contributed by atoms with Crippen LogP contribution in [0.2, 0.25) is 0 Å². The Morgan fingerprint density at radius 2 is 1.86 bits per heavy atom. The first-order valence-electron chi connectivity index (χ1n) is 6.93. The highest BCUT2D eigenvalue weighted by molar-refractivity contribution is 9.10. The van der Waals surface area contributed by atoms with Crippen LogP contribution >= 0.6 is 15.9 Å². The van der Waals surface area contributed by atoms with Crippen LogP contribution in [0.1, 0.15) is 24.0 Å². The molecule has 1 saturated heterocycles. The van der Waals surface area contributed by atoms with Crippen LogP contribution < -0.4 is 0 Å². The lowest BCUT2D eigenvalue weighted by Crippen LogP contribution is -2.59. The van der Waals surface area contributed by atoms with Gasteiger partial charge in [-0.15, -0.1) is 0 Å². The quantitative estimate of drug-likeness (QED) is 0.637. The molecule has 0 radical (unpaired) electrons. The predicted molar refractivity (Wildman–Crippen MR) is 81.1 cm³/mol. The third-order valence-electron chi connectivity index (χ3n) is 4.14. The third kappa shape index (κ3) is 3.31. The second-order valence-corrected chi connectivity index (χ2v) is 6.50. The van der Waals surface area contributed by atoms with Crippen LogP contribution in [0, 0.1) is 6.92 Å². The lowest BCUT2D eigenvalue weighted by atomic mass is 9.84. The number of ether oxygens (including phenoxy) is 1. The zero-order chi connectivity index (χ0) is 15.7. The van der Waals surface area contributed by atoms with E-state index in [9.17, 15) is 20.4 Å². The largest absolute Gasteiger partial charge is 0.394 e. The van der Waals surface area contributed by atoms with E-state index in [0.717, 1.165) is 15.6 Å². The van der Waals surface area contributed by atoms with Gasteiger partial charge >= 0.3 is 0 Å². The first-order chi connectivity index (χ1) is 9.86. The Bertz CT molecular complexity index is 493. The van der Waals surface area contributed by atoms with Crippen molar-refractivity contribution in [2.24, 2.45) is 0 Å². The molecular weight excluding hydrogens is 340 g/mol. The van der Waals surface area contributed by atoms with E-state index >= 15 is 0 Å². The lowest BCUT2D eigenvalue weighted by Gasteiger charge is -2.42. The highest BCUT2D eigenvalue weighted by atomic mass is 79.9. The molecular formula is C15H21BrO5. The Hall–Kier alpha value is -0.500. The number of rotatable bonds is 3. The number of aliphatic hydroxyl groups is 4. The third-order valence-corrected chi connectivity index (χ3v) is 4.64. The molecule has 1 aromatic carbocycles. The molecule has 0 bridgehead atoms. The fourth-order valence-corrected chi connectivity index (χ4v) is 3.35. The second-order valence-electron chi connectivity index (χ2n) is 5.58. The van der Waals surface area contributed by atoms with Crippen molar-refractivity contribution in [2.75, 3.05) is 6.61 Å². The van der Waals surface area contributed by atoms with Crippen LogP contribution in [-0.2, 0) is 4.74 Å². The topological polar surface area (TPSA) is 90.2 Å². The number of hydrogen-bond acceptors (Lipinski definition) is 5. The molecule has 4 N–H and O–H groups in total. The van der Waals surface area contributed by atoms with Gasteiger partial charge in [-0.3, -0.25) is 0 Å². The van der Waals surface area contributed by atoms with Gasteiger partial charge in [-0.1, -0.05) is 28.9 Å². The fraction of sp³-hybridized carbons (Fsp3) is 0.600. The minimum Gasteiger partial charge on any atom is -0.394 e. The molecule has 0 saturated carbocycles. The summed E-state index contributed by atoms with van der Waals surface area (Å²) in [5, 5.41) is 39.1. The molecule has 118 valence electrons. The fourth-order valence-electron chi connectivity index (χ4n) is 2.87. The summed E-state index contributed by atoms with van der Waals surface area (Å²) in [6, 6.07) is 5.81. The van der Waals surface area contributed by atoms with Gasteiger partial charge < -0.3 is 25.2 Å². The molecule has 2 unspecified atom stereocenters. The average molecular weight is 361 g/mol. The standard InChI is InChI=1S/C15H21BrO5/c1-7-5-9(16)3-4-10(7)8(2)15-14(20)13(19)12(18)11(6-17)21-15/h3-5,8,11-15,17-20H,6H2,1-2H3/t8-,11?,12-,13+,14?,15-/m1/s1. The Labute approximate surface area is 132 Å². The van der Waals surface area contributed by atoms with Gasteiger partial charge in [-0.2, -0.15) is 0 Å². The molecule has 1 aromatic rings. The summed E-state index contributed by atoms with van der Waals surface area (Å²) in [6.07, 6.45) is -5.42. The number of hydrogen-bond donors (Lipinski definition) is 4. The van der Waals surface area contributed by atoms with Crippen LogP contribution in [0.4, 0.5) is 0 Å². The van der Waals surface area contributed by atoms with Crippen LogP contribution in [0.3, 0.4) is 0 Å². The van der Waals surface area contributed by atoms with Crippen LogP contribution in [0.5, 0.6) is 0 Å². The molecule has 21 heavy (non-hydrogen) atoms. The van der Waals surface area contributed by atoms with E-state index in [-0.39, 0.29) is 5.92 Å². The molecule has 5 nitrogen and oxygen atoms in total. The molecule has 1 aliphatic rings. The van der Waals surface area contributed by atoms with Crippen LogP contribution in [-0.4, -0.2) is 57.6 Å². The van der Waals surface area contributed by atoms with Gasteiger partial charge in [-0.25, -0.2) is 0 Å². The molecule has 1 heterocycles. The summed E-state index contributed by atoms with van der Waals surface area (Å²) in [7, 11) is 0. The minimum absolute atomic E-state index is 0.190. The van der Waals surface area contributed by atoms with Gasteiger partial charge in [0.1, 0.15) is 24.4 Å². The van der Waals surface area contributed by atoms with Crippen molar-refractivity contribution < 1.29 is 25.2 Å². The zero-order valence-corrected chi connectivity index (χ0v) is 13.6. The maximum absolute atomic E-state index is 10.2. The van der Waals surface area contributed by atoms with Crippen molar-refractivity contribution in [3.05, 3.63) is 33.8 Å². The average Bonchev–Trinajstić information content (AvgIpc) is 2.44. The minimum atomic E-state index is -1.33. The molecule has 0 spiro atoms. The monoisotopic (exact) mass is 360 g/mol. The molecule has 0 amide bonds. The molecule has 1 fully saturated rings. The van der Waals surface area contributed by atoms with Crippen LogP contribution in [0.25, 0.3) is 0 Å². The molecule has 2 rings (SSSR count). The summed E-state index contributed by atoms with van der Waals surface area (Å²) in [5.74, 6) is -0.190. The van der Waals surface area contributed by atoms with Crippen molar-refractivity contribution in [1.82, 2.24) is 0 Å². The number of aryl methyl sites for hydroxylation is 1. The van der Waals surface area contributed by atoms with Crippen molar-refractivity contribution in [3.8, 4) is 0 Å². The Morgan fingerprint density at radius 1 is 1.19 bits per heavy atom. The van der Waals surface area contributed by atoms with Gasteiger partial charge in [0, 0.05) is 10.4 Å². The SMILES string of the molecule is Cc1cc(Br)ccc1[C@@H](C)[C@H]1OC(CO)[C@@H](O)[C@H](O)C1O. The van der Waals surface area contributed by atoms with Crippen molar-refractivity contribution >= 4 is 15.9 Å². The summed E-state index contributed by atoms with van der Waals surface area (Å²) in [5.41, 5.74) is 2.02. The van der Waals surface area contributed by atoms with E-state index in [1.165, 1.54) is 0 Å². The van der Waals surface area contributed by atoms with Gasteiger partial charge in [0.25, 0.3) is 0 Å². The Kier molecular flexibility index (Phi) is 5.40. The van der Waals surface area contributed by atoms with Crippen molar-refractivity contribution in [2.45, 2.75) is 50.3 Å². The molecule has 6 heteroatoms. The second kappa shape index (κ2) is 6.73. The lowest BCUT2D eigenvalue weighted by molar-refractivity contribution is -0.233. The first kappa shape index (κ1) is 16.9. The van der Waals surface area contributed by atoms with Crippen LogP contribution in [0.15, 0.2) is 22.7 Å².